The van der Waals surface area contributed by atoms with E-state index in [0.29, 0.717) is 23.6 Å². The molecule has 3 rings (SSSR count). The Hall–Kier alpha value is -3.09. The molecule has 7 heteroatoms. The third kappa shape index (κ3) is 5.09. The van der Waals surface area contributed by atoms with Gasteiger partial charge in [0.25, 0.3) is 11.8 Å². The van der Waals surface area contributed by atoms with Crippen LogP contribution in [-0.2, 0) is 10.2 Å². The number of benzene rings is 2. The lowest BCUT2D eigenvalue weighted by Crippen LogP contribution is -2.42. The lowest BCUT2D eigenvalue weighted by molar-refractivity contribution is -0.119. The molecule has 0 atom stereocenters. The summed E-state index contributed by atoms with van der Waals surface area (Å²) in [5.41, 5.74) is 6.37. The molecule has 0 aromatic heterocycles. The molecule has 0 bridgehead atoms. The van der Waals surface area contributed by atoms with Crippen LogP contribution in [0.4, 0.5) is 4.39 Å². The zero-order chi connectivity index (χ0) is 21.6. The van der Waals surface area contributed by atoms with E-state index in [0.717, 1.165) is 31.2 Å². The number of ether oxygens (including phenoxy) is 2. The fourth-order valence-electron chi connectivity index (χ4n) is 4.03. The van der Waals surface area contributed by atoms with Gasteiger partial charge in [-0.3, -0.25) is 9.59 Å². The molecule has 3 N–H and O–H groups in total. The van der Waals surface area contributed by atoms with E-state index in [1.54, 1.807) is 18.2 Å². The zero-order valence-corrected chi connectivity index (χ0v) is 17.1. The zero-order valence-electron chi connectivity index (χ0n) is 17.1. The smallest absolute Gasteiger partial charge is 0.255 e. The van der Waals surface area contributed by atoms with Gasteiger partial charge in [0.2, 0.25) is 0 Å². The van der Waals surface area contributed by atoms with E-state index in [2.05, 4.69) is 5.32 Å². The highest BCUT2D eigenvalue weighted by Gasteiger charge is 2.34. The molecule has 0 radical (unpaired) electrons. The van der Waals surface area contributed by atoms with Crippen LogP contribution in [0.2, 0.25) is 0 Å². The number of halogens is 1. The number of hydrogen-bond donors (Lipinski definition) is 2. The van der Waals surface area contributed by atoms with Crippen LogP contribution in [0.15, 0.2) is 42.5 Å². The predicted molar refractivity (Wildman–Crippen MR) is 111 cm³/mol. The van der Waals surface area contributed by atoms with E-state index in [9.17, 15) is 14.0 Å². The van der Waals surface area contributed by atoms with Gasteiger partial charge >= 0.3 is 0 Å². The molecule has 2 amide bonds. The maximum Gasteiger partial charge on any atom is 0.255 e. The monoisotopic (exact) mass is 414 g/mol. The molecule has 1 saturated carbocycles. The summed E-state index contributed by atoms with van der Waals surface area (Å²) in [4.78, 5) is 23.7. The normalized spacial score (nSPS) is 15.3. The summed E-state index contributed by atoms with van der Waals surface area (Å²) in [6, 6.07) is 11.3. The number of amides is 2. The second-order valence-corrected chi connectivity index (χ2v) is 7.65. The quantitative estimate of drug-likeness (QED) is 0.693. The lowest BCUT2D eigenvalue weighted by atomic mass is 9.69. The molecule has 1 aliphatic carbocycles. The van der Waals surface area contributed by atoms with Gasteiger partial charge in [0, 0.05) is 17.5 Å². The molecule has 6 nitrogen and oxygen atoms in total. The Labute approximate surface area is 175 Å². The van der Waals surface area contributed by atoms with Crippen LogP contribution in [0.25, 0.3) is 0 Å². The summed E-state index contributed by atoms with van der Waals surface area (Å²) < 4.78 is 24.0. The third-order valence-corrected chi connectivity index (χ3v) is 5.65. The van der Waals surface area contributed by atoms with Gasteiger partial charge in [-0.1, -0.05) is 31.4 Å². The van der Waals surface area contributed by atoms with Crippen LogP contribution in [0.3, 0.4) is 0 Å². The van der Waals surface area contributed by atoms with Crippen molar-refractivity contribution < 1.29 is 23.5 Å². The van der Waals surface area contributed by atoms with Crippen molar-refractivity contribution in [2.75, 3.05) is 20.3 Å². The van der Waals surface area contributed by atoms with Gasteiger partial charge in [-0.15, -0.1) is 0 Å². The van der Waals surface area contributed by atoms with Crippen LogP contribution in [-0.4, -0.2) is 32.1 Å². The maximum absolute atomic E-state index is 13.4. The first-order valence-electron chi connectivity index (χ1n) is 10.1. The van der Waals surface area contributed by atoms with Crippen LogP contribution >= 0.6 is 0 Å². The van der Waals surface area contributed by atoms with Gasteiger partial charge in [0.15, 0.2) is 18.1 Å². The molecular formula is C23H27FN2O4. The standard InChI is InChI=1S/C23H27FN2O4/c1-29-20-13-16(5-10-19(20)30-14-21(25)27)22(28)26-15-23(11-3-2-4-12-23)17-6-8-18(24)9-7-17/h5-10,13H,2-4,11-12,14-15H2,1H3,(H2,25,27)(H,26,28). The lowest BCUT2D eigenvalue weighted by Gasteiger charge is -2.38. The number of carbonyl (C=O) groups is 2. The van der Waals surface area contributed by atoms with Gasteiger partial charge < -0.3 is 20.5 Å². The summed E-state index contributed by atoms with van der Waals surface area (Å²) in [6.07, 6.45) is 5.21. The van der Waals surface area contributed by atoms with Crippen molar-refractivity contribution >= 4 is 11.8 Å². The molecule has 0 unspecified atom stereocenters. The van der Waals surface area contributed by atoms with Crippen molar-refractivity contribution in [2.24, 2.45) is 5.73 Å². The average molecular weight is 414 g/mol. The van der Waals surface area contributed by atoms with E-state index in [4.69, 9.17) is 15.2 Å². The molecular weight excluding hydrogens is 387 g/mol. The summed E-state index contributed by atoms with van der Waals surface area (Å²) >= 11 is 0. The Morgan fingerprint density at radius 1 is 1.07 bits per heavy atom. The number of methoxy groups -OCH3 is 1. The van der Waals surface area contributed by atoms with Crippen LogP contribution in [0.5, 0.6) is 11.5 Å². The summed E-state index contributed by atoms with van der Waals surface area (Å²) in [5.74, 6) is -0.420. The minimum Gasteiger partial charge on any atom is -0.493 e. The molecule has 0 aliphatic heterocycles. The molecule has 0 spiro atoms. The number of nitrogens with one attached hydrogen (secondary N) is 1. The molecule has 2 aromatic rings. The molecule has 0 saturated heterocycles. The first-order valence-corrected chi connectivity index (χ1v) is 10.1. The van der Waals surface area contributed by atoms with Crippen molar-refractivity contribution in [2.45, 2.75) is 37.5 Å². The van der Waals surface area contributed by atoms with Crippen LogP contribution in [0, 0.1) is 5.82 Å². The molecule has 1 fully saturated rings. The molecule has 160 valence electrons. The Morgan fingerprint density at radius 2 is 1.77 bits per heavy atom. The number of carbonyl (C=O) groups excluding carboxylic acids is 2. The average Bonchev–Trinajstić information content (AvgIpc) is 2.77. The molecule has 30 heavy (non-hydrogen) atoms. The Morgan fingerprint density at radius 3 is 2.40 bits per heavy atom. The fourth-order valence-corrected chi connectivity index (χ4v) is 4.03. The van der Waals surface area contributed by atoms with Crippen molar-refractivity contribution in [1.82, 2.24) is 5.32 Å². The number of hydrogen-bond acceptors (Lipinski definition) is 4. The second-order valence-electron chi connectivity index (χ2n) is 7.65. The number of rotatable bonds is 8. The predicted octanol–water partition coefficient (Wildman–Crippen LogP) is 3.33. The van der Waals surface area contributed by atoms with E-state index in [-0.39, 0.29) is 23.7 Å². The first kappa shape index (κ1) is 21.6. The van der Waals surface area contributed by atoms with Gasteiger partial charge in [-0.05, 0) is 48.7 Å². The molecule has 2 aromatic carbocycles. The topological polar surface area (TPSA) is 90.7 Å². The number of primary amides is 1. The van der Waals surface area contributed by atoms with Gasteiger partial charge in [-0.25, -0.2) is 4.39 Å². The van der Waals surface area contributed by atoms with Crippen LogP contribution < -0.4 is 20.5 Å². The molecule has 1 aliphatic rings. The highest BCUT2D eigenvalue weighted by molar-refractivity contribution is 5.95. The highest BCUT2D eigenvalue weighted by Crippen LogP contribution is 2.39. The van der Waals surface area contributed by atoms with Crippen molar-refractivity contribution in [3.05, 3.63) is 59.4 Å². The minimum atomic E-state index is -0.600. The summed E-state index contributed by atoms with van der Waals surface area (Å²) in [5, 5.41) is 3.04. The van der Waals surface area contributed by atoms with E-state index in [1.807, 2.05) is 12.1 Å². The number of nitrogens with two attached hydrogens (primary N) is 1. The summed E-state index contributed by atoms with van der Waals surface area (Å²) in [7, 11) is 1.46. The Bertz CT molecular complexity index is 893. The minimum absolute atomic E-state index is 0.198. The Balaban J connectivity index is 1.74. The van der Waals surface area contributed by atoms with Gasteiger partial charge in [-0.2, -0.15) is 0 Å². The fraction of sp³-hybridized carbons (Fsp3) is 0.391. The Kier molecular flexibility index (Phi) is 6.92. The van der Waals surface area contributed by atoms with Crippen LogP contribution in [0.1, 0.15) is 48.0 Å². The van der Waals surface area contributed by atoms with Crippen molar-refractivity contribution in [1.29, 1.82) is 0 Å². The van der Waals surface area contributed by atoms with E-state index >= 15 is 0 Å². The van der Waals surface area contributed by atoms with Gasteiger partial charge in [0.05, 0.1) is 7.11 Å². The van der Waals surface area contributed by atoms with E-state index < -0.39 is 5.91 Å². The van der Waals surface area contributed by atoms with E-state index in [1.165, 1.54) is 25.7 Å². The van der Waals surface area contributed by atoms with Gasteiger partial charge in [0.1, 0.15) is 5.82 Å². The SMILES string of the molecule is COc1cc(C(=O)NCC2(c3ccc(F)cc3)CCCCC2)ccc1OCC(N)=O. The maximum atomic E-state index is 13.4. The molecule has 0 heterocycles. The van der Waals surface area contributed by atoms with Crippen molar-refractivity contribution in [3.63, 3.8) is 0 Å². The highest BCUT2D eigenvalue weighted by atomic mass is 19.1. The third-order valence-electron chi connectivity index (χ3n) is 5.65. The first-order chi connectivity index (χ1) is 14.4. The largest absolute Gasteiger partial charge is 0.493 e. The van der Waals surface area contributed by atoms with Crippen molar-refractivity contribution in [3.8, 4) is 11.5 Å². The second kappa shape index (κ2) is 9.61. The summed E-state index contributed by atoms with van der Waals surface area (Å²) in [6.45, 7) is 0.196.